The largest absolute Gasteiger partial charge is 0.293 e. The molecule has 3 aromatic rings. The summed E-state index contributed by atoms with van der Waals surface area (Å²) >= 11 is 9.20. The third-order valence-corrected chi connectivity index (χ3v) is 5.10. The number of halogens is 1. The Balaban J connectivity index is 1.87. The number of hydrogen-bond donors (Lipinski definition) is 0. The molecular formula is C13H8ClNOS2. The Labute approximate surface area is 117 Å². The van der Waals surface area contributed by atoms with Crippen molar-refractivity contribution in [3.05, 3.63) is 51.4 Å². The van der Waals surface area contributed by atoms with E-state index < -0.39 is 0 Å². The maximum Gasteiger partial charge on any atom is 0.177 e. The van der Waals surface area contributed by atoms with Gasteiger partial charge in [-0.15, -0.1) is 22.7 Å². The maximum atomic E-state index is 12.2. The molecule has 0 aliphatic carbocycles. The first-order valence-electron chi connectivity index (χ1n) is 5.32. The second-order valence-electron chi connectivity index (χ2n) is 3.83. The van der Waals surface area contributed by atoms with Gasteiger partial charge >= 0.3 is 0 Å². The lowest BCUT2D eigenvalue weighted by molar-refractivity contribution is 0.0997. The van der Waals surface area contributed by atoms with Crippen LogP contribution in [0.1, 0.15) is 15.2 Å². The molecule has 90 valence electrons. The molecule has 0 bridgehead atoms. The van der Waals surface area contributed by atoms with Crippen LogP contribution in [-0.2, 0) is 6.42 Å². The molecule has 0 saturated carbocycles. The zero-order valence-corrected chi connectivity index (χ0v) is 11.6. The van der Waals surface area contributed by atoms with Crippen molar-refractivity contribution >= 4 is 49.5 Å². The van der Waals surface area contributed by atoms with Gasteiger partial charge in [0, 0.05) is 28.2 Å². The van der Waals surface area contributed by atoms with Crippen molar-refractivity contribution in [1.29, 1.82) is 0 Å². The van der Waals surface area contributed by atoms with E-state index in [1.807, 2.05) is 17.5 Å². The second kappa shape index (κ2) is 4.80. The maximum absolute atomic E-state index is 12.2. The van der Waals surface area contributed by atoms with Gasteiger partial charge in [-0.3, -0.25) is 9.78 Å². The van der Waals surface area contributed by atoms with E-state index >= 15 is 0 Å². The number of aromatic nitrogens is 1. The Morgan fingerprint density at radius 2 is 2.22 bits per heavy atom. The van der Waals surface area contributed by atoms with E-state index in [0.29, 0.717) is 11.4 Å². The molecule has 0 unspecified atom stereocenters. The number of thiophene rings is 2. The van der Waals surface area contributed by atoms with Crippen LogP contribution in [0.4, 0.5) is 0 Å². The molecule has 3 heterocycles. The summed E-state index contributed by atoms with van der Waals surface area (Å²) in [7, 11) is 0. The van der Waals surface area contributed by atoms with Gasteiger partial charge in [0.2, 0.25) is 0 Å². The molecule has 3 aromatic heterocycles. The third-order valence-electron chi connectivity index (χ3n) is 2.62. The molecule has 3 rings (SSSR count). The molecule has 0 fully saturated rings. The third kappa shape index (κ3) is 2.19. The Kier molecular flexibility index (Phi) is 3.16. The number of Topliss-reactive ketones (excluding diaryl/α,β-unsaturated/α-hetero) is 1. The quantitative estimate of drug-likeness (QED) is 0.668. The summed E-state index contributed by atoms with van der Waals surface area (Å²) < 4.78 is 2.34. The van der Waals surface area contributed by atoms with Crippen molar-refractivity contribution in [1.82, 2.24) is 4.98 Å². The van der Waals surface area contributed by atoms with Crippen LogP contribution in [0.5, 0.6) is 0 Å². The Bertz CT molecular complexity index is 688. The van der Waals surface area contributed by atoms with Crippen molar-refractivity contribution < 1.29 is 4.79 Å². The summed E-state index contributed by atoms with van der Waals surface area (Å²) in [4.78, 5) is 16.9. The highest BCUT2D eigenvalue weighted by atomic mass is 35.5. The van der Waals surface area contributed by atoms with Crippen LogP contribution >= 0.6 is 34.3 Å². The molecule has 5 heteroatoms. The smallest absolute Gasteiger partial charge is 0.177 e. The molecule has 0 radical (unpaired) electrons. The Morgan fingerprint density at radius 3 is 3.00 bits per heavy atom. The van der Waals surface area contributed by atoms with Crippen molar-refractivity contribution in [2.24, 2.45) is 0 Å². The predicted octanol–water partition coefficient (Wildman–Crippen LogP) is 4.44. The number of ketones is 1. The van der Waals surface area contributed by atoms with Crippen molar-refractivity contribution in [2.45, 2.75) is 6.42 Å². The fourth-order valence-corrected chi connectivity index (χ4v) is 3.94. The van der Waals surface area contributed by atoms with E-state index in [9.17, 15) is 4.79 Å². The number of nitrogens with zero attached hydrogens (tertiary/aromatic N) is 1. The van der Waals surface area contributed by atoms with E-state index in [1.165, 1.54) is 20.7 Å². The molecule has 0 atom stereocenters. The second-order valence-corrected chi connectivity index (χ2v) is 6.27. The summed E-state index contributed by atoms with van der Waals surface area (Å²) in [5.41, 5.74) is 0.827. The molecule has 18 heavy (non-hydrogen) atoms. The Hall–Kier alpha value is -1.23. The van der Waals surface area contributed by atoms with Gasteiger partial charge in [-0.05, 0) is 29.1 Å². The summed E-state index contributed by atoms with van der Waals surface area (Å²) in [5.74, 6) is 0.108. The van der Waals surface area contributed by atoms with E-state index in [1.54, 1.807) is 29.8 Å². The first-order valence-corrected chi connectivity index (χ1v) is 7.40. The summed E-state index contributed by atoms with van der Waals surface area (Å²) in [6, 6.07) is 5.79. The molecule has 0 aliphatic rings. The normalized spacial score (nSPS) is 10.9. The topological polar surface area (TPSA) is 30.0 Å². The van der Waals surface area contributed by atoms with Gasteiger partial charge in [0.25, 0.3) is 0 Å². The molecule has 2 nitrogen and oxygen atoms in total. The van der Waals surface area contributed by atoms with Crippen LogP contribution in [-0.4, -0.2) is 10.8 Å². The molecular weight excluding hydrogens is 286 g/mol. The lowest BCUT2D eigenvalue weighted by atomic mass is 10.1. The molecule has 0 N–H and O–H groups in total. The highest BCUT2D eigenvalue weighted by Crippen LogP contribution is 2.31. The van der Waals surface area contributed by atoms with Gasteiger partial charge in [-0.1, -0.05) is 11.6 Å². The number of rotatable bonds is 3. The minimum atomic E-state index is 0.108. The van der Waals surface area contributed by atoms with Crippen molar-refractivity contribution in [3.8, 4) is 0 Å². The zero-order valence-electron chi connectivity index (χ0n) is 9.22. The van der Waals surface area contributed by atoms with Crippen molar-refractivity contribution in [2.75, 3.05) is 0 Å². The van der Waals surface area contributed by atoms with E-state index in [4.69, 9.17) is 11.6 Å². The monoisotopic (exact) mass is 293 g/mol. The van der Waals surface area contributed by atoms with Crippen LogP contribution in [0.15, 0.2) is 36.0 Å². The lowest BCUT2D eigenvalue weighted by Gasteiger charge is -2.00. The molecule has 0 aromatic carbocycles. The average molecular weight is 294 g/mol. The summed E-state index contributed by atoms with van der Waals surface area (Å²) in [6.07, 6.45) is 3.55. The van der Waals surface area contributed by atoms with Gasteiger partial charge < -0.3 is 0 Å². The first kappa shape index (κ1) is 11.8. The van der Waals surface area contributed by atoms with Gasteiger partial charge in [-0.2, -0.15) is 0 Å². The van der Waals surface area contributed by atoms with Crippen LogP contribution in [0, 0.1) is 0 Å². The number of carbonyl (C=O) groups is 1. The van der Waals surface area contributed by atoms with Gasteiger partial charge in [0.15, 0.2) is 5.78 Å². The number of fused-ring (bicyclic) bond motifs is 1. The molecule has 0 aliphatic heterocycles. The molecule has 0 spiro atoms. The first-order chi connectivity index (χ1) is 8.74. The minimum absolute atomic E-state index is 0.108. The summed E-state index contributed by atoms with van der Waals surface area (Å²) in [6.45, 7) is 0. The van der Waals surface area contributed by atoms with Gasteiger partial charge in [0.1, 0.15) is 0 Å². The van der Waals surface area contributed by atoms with E-state index in [-0.39, 0.29) is 5.78 Å². The fraction of sp³-hybridized carbons (Fsp3) is 0.0769. The number of carbonyl (C=O) groups excluding carboxylic acids is 1. The lowest BCUT2D eigenvalue weighted by Crippen LogP contribution is -2.01. The average Bonchev–Trinajstić information content (AvgIpc) is 2.92. The van der Waals surface area contributed by atoms with Gasteiger partial charge in [-0.25, -0.2) is 0 Å². The van der Waals surface area contributed by atoms with Crippen LogP contribution < -0.4 is 0 Å². The standard InChI is InChI=1S/C13H8ClNOS2/c14-9-7-15-3-1-8(9)5-10(16)12-6-13-11(18-12)2-4-17-13/h1-4,6-7H,5H2. The van der Waals surface area contributed by atoms with Gasteiger partial charge in [0.05, 0.1) is 9.90 Å². The number of hydrogen-bond acceptors (Lipinski definition) is 4. The van der Waals surface area contributed by atoms with Crippen LogP contribution in [0.25, 0.3) is 9.40 Å². The minimum Gasteiger partial charge on any atom is -0.293 e. The molecule has 0 saturated heterocycles. The zero-order chi connectivity index (χ0) is 12.5. The predicted molar refractivity (Wildman–Crippen MR) is 77.0 cm³/mol. The highest BCUT2D eigenvalue weighted by molar-refractivity contribution is 7.27. The van der Waals surface area contributed by atoms with E-state index in [2.05, 4.69) is 4.98 Å². The number of pyridine rings is 1. The van der Waals surface area contributed by atoms with E-state index in [0.717, 1.165) is 10.4 Å². The SMILES string of the molecule is O=C(Cc1ccncc1Cl)c1cc2sccc2s1. The fourth-order valence-electron chi connectivity index (χ4n) is 1.71. The van der Waals surface area contributed by atoms with Crippen molar-refractivity contribution in [3.63, 3.8) is 0 Å². The highest BCUT2D eigenvalue weighted by Gasteiger charge is 2.13. The van der Waals surface area contributed by atoms with Crippen LogP contribution in [0.2, 0.25) is 5.02 Å². The summed E-state index contributed by atoms with van der Waals surface area (Å²) in [5, 5.41) is 2.58. The Morgan fingerprint density at radius 1 is 1.33 bits per heavy atom. The molecule has 0 amide bonds. The van der Waals surface area contributed by atoms with Crippen LogP contribution in [0.3, 0.4) is 0 Å².